The van der Waals surface area contributed by atoms with E-state index in [9.17, 15) is 9.59 Å². The second-order valence-electron chi connectivity index (χ2n) is 7.85. The Hall–Kier alpha value is -3.00. The number of benzene rings is 1. The van der Waals surface area contributed by atoms with Crippen LogP contribution in [0.2, 0.25) is 0 Å². The summed E-state index contributed by atoms with van der Waals surface area (Å²) in [7, 11) is 3.21. The fraction of sp³-hybridized carbons (Fsp3) is 0.478. The second-order valence-corrected chi connectivity index (χ2v) is 7.85. The molecule has 2 heterocycles. The van der Waals surface area contributed by atoms with Gasteiger partial charge in [0.15, 0.2) is 5.76 Å². The van der Waals surface area contributed by atoms with Gasteiger partial charge in [-0.05, 0) is 51.0 Å². The number of carbonyl (C=O) groups excluding carboxylic acids is 2. The quantitative estimate of drug-likeness (QED) is 0.670. The van der Waals surface area contributed by atoms with Gasteiger partial charge in [0.25, 0.3) is 5.91 Å². The van der Waals surface area contributed by atoms with E-state index in [1.54, 1.807) is 20.3 Å². The second kappa shape index (κ2) is 10.3. The van der Waals surface area contributed by atoms with Crippen LogP contribution in [0, 0.1) is 6.92 Å². The molecule has 2 N–H and O–H groups in total. The highest BCUT2D eigenvalue weighted by Crippen LogP contribution is 2.29. The fourth-order valence-electron chi connectivity index (χ4n) is 3.84. The molecule has 2 aromatic rings. The van der Waals surface area contributed by atoms with E-state index in [0.29, 0.717) is 23.8 Å². The van der Waals surface area contributed by atoms with E-state index in [1.165, 1.54) is 6.26 Å². The number of ether oxygens (including phenoxy) is 2. The number of likely N-dealkylation sites (tertiary alicyclic amines) is 1. The van der Waals surface area contributed by atoms with Crippen LogP contribution < -0.4 is 20.1 Å². The minimum absolute atomic E-state index is 0.0499. The number of hydrogen-bond acceptors (Lipinski definition) is 6. The predicted molar refractivity (Wildman–Crippen MR) is 116 cm³/mol. The highest BCUT2D eigenvalue weighted by Gasteiger charge is 2.24. The maximum atomic E-state index is 12.6. The zero-order valence-corrected chi connectivity index (χ0v) is 18.6. The van der Waals surface area contributed by atoms with Crippen LogP contribution in [0.1, 0.15) is 47.5 Å². The normalized spacial score (nSPS) is 15.9. The number of furan rings is 1. The van der Waals surface area contributed by atoms with Crippen molar-refractivity contribution < 1.29 is 23.5 Å². The Morgan fingerprint density at radius 3 is 2.55 bits per heavy atom. The molecule has 2 amide bonds. The minimum atomic E-state index is -0.217. The lowest BCUT2D eigenvalue weighted by atomic mass is 10.0. The number of piperidine rings is 1. The van der Waals surface area contributed by atoms with Crippen LogP contribution >= 0.6 is 0 Å². The lowest BCUT2D eigenvalue weighted by molar-refractivity contribution is -0.123. The van der Waals surface area contributed by atoms with Crippen LogP contribution in [0.4, 0.5) is 0 Å². The topological polar surface area (TPSA) is 93.0 Å². The standard InChI is InChI=1S/C23H31N3O5/c1-15-9-12-31-22(15)23(28)25-17-7-10-26(11-8-17)14-21(27)24-16(2)19-13-18(29-3)5-6-20(19)30-4/h5-6,9,12-13,16-17H,7-8,10-11,14H2,1-4H3,(H,24,27)(H,25,28). The summed E-state index contributed by atoms with van der Waals surface area (Å²) < 4.78 is 16.0. The molecule has 31 heavy (non-hydrogen) atoms. The van der Waals surface area contributed by atoms with Gasteiger partial charge in [-0.3, -0.25) is 14.5 Å². The number of methoxy groups -OCH3 is 2. The van der Waals surface area contributed by atoms with E-state index in [2.05, 4.69) is 15.5 Å². The minimum Gasteiger partial charge on any atom is -0.497 e. The van der Waals surface area contributed by atoms with Gasteiger partial charge in [0.2, 0.25) is 5.91 Å². The molecule has 1 saturated heterocycles. The van der Waals surface area contributed by atoms with Crippen LogP contribution in [0.5, 0.6) is 11.5 Å². The smallest absolute Gasteiger partial charge is 0.287 e. The Balaban J connectivity index is 1.47. The van der Waals surface area contributed by atoms with Crippen LogP contribution in [0.25, 0.3) is 0 Å². The fourth-order valence-corrected chi connectivity index (χ4v) is 3.84. The number of amides is 2. The zero-order valence-electron chi connectivity index (χ0n) is 18.6. The first-order valence-corrected chi connectivity index (χ1v) is 10.5. The predicted octanol–water partition coefficient (Wildman–Crippen LogP) is 2.68. The van der Waals surface area contributed by atoms with E-state index >= 15 is 0 Å². The van der Waals surface area contributed by atoms with Gasteiger partial charge >= 0.3 is 0 Å². The van der Waals surface area contributed by atoms with Gasteiger partial charge in [-0.2, -0.15) is 0 Å². The van der Waals surface area contributed by atoms with Crippen molar-refractivity contribution in [3.63, 3.8) is 0 Å². The van der Waals surface area contributed by atoms with Crippen molar-refractivity contribution in [2.45, 2.75) is 38.8 Å². The van der Waals surface area contributed by atoms with Crippen LogP contribution in [0.15, 0.2) is 34.9 Å². The van der Waals surface area contributed by atoms with Gasteiger partial charge in [-0.1, -0.05) is 0 Å². The first-order valence-electron chi connectivity index (χ1n) is 10.5. The van der Waals surface area contributed by atoms with Crippen molar-refractivity contribution in [1.29, 1.82) is 0 Å². The molecule has 8 nitrogen and oxygen atoms in total. The molecular weight excluding hydrogens is 398 g/mol. The van der Waals surface area contributed by atoms with Gasteiger partial charge < -0.3 is 24.5 Å². The van der Waals surface area contributed by atoms with Crippen molar-refractivity contribution >= 4 is 11.8 Å². The number of carbonyl (C=O) groups is 2. The number of aryl methyl sites for hydroxylation is 1. The van der Waals surface area contributed by atoms with E-state index < -0.39 is 0 Å². The molecule has 1 atom stereocenters. The Labute approximate surface area is 182 Å². The Bertz CT molecular complexity index is 902. The lowest BCUT2D eigenvalue weighted by Crippen LogP contribution is -2.47. The average Bonchev–Trinajstić information content (AvgIpc) is 3.20. The highest BCUT2D eigenvalue weighted by molar-refractivity contribution is 5.93. The van der Waals surface area contributed by atoms with E-state index in [-0.39, 0.29) is 23.9 Å². The molecule has 0 saturated carbocycles. The molecule has 1 aliphatic rings. The molecule has 1 aromatic carbocycles. The summed E-state index contributed by atoms with van der Waals surface area (Å²) in [6.07, 6.45) is 3.10. The van der Waals surface area contributed by atoms with Crippen molar-refractivity contribution in [2.75, 3.05) is 33.9 Å². The highest BCUT2D eigenvalue weighted by atomic mass is 16.5. The summed E-state index contributed by atoms with van der Waals surface area (Å²) in [6.45, 7) is 5.57. The summed E-state index contributed by atoms with van der Waals surface area (Å²) in [5.74, 6) is 1.55. The monoisotopic (exact) mass is 429 g/mol. The summed E-state index contributed by atoms with van der Waals surface area (Å²) >= 11 is 0. The molecule has 168 valence electrons. The molecule has 3 rings (SSSR count). The molecule has 8 heteroatoms. The van der Waals surface area contributed by atoms with Gasteiger partial charge in [0, 0.05) is 30.3 Å². The maximum absolute atomic E-state index is 12.6. The zero-order chi connectivity index (χ0) is 22.4. The van der Waals surface area contributed by atoms with Gasteiger partial charge in [-0.25, -0.2) is 0 Å². The van der Waals surface area contributed by atoms with Gasteiger partial charge in [-0.15, -0.1) is 0 Å². The largest absolute Gasteiger partial charge is 0.497 e. The molecule has 0 radical (unpaired) electrons. The first-order chi connectivity index (χ1) is 14.9. The molecule has 0 spiro atoms. The molecule has 1 aliphatic heterocycles. The molecule has 1 aromatic heterocycles. The average molecular weight is 430 g/mol. The summed E-state index contributed by atoms with van der Waals surface area (Å²) in [6, 6.07) is 7.17. The summed E-state index contributed by atoms with van der Waals surface area (Å²) in [4.78, 5) is 27.0. The third-order valence-corrected chi connectivity index (χ3v) is 5.64. The molecule has 1 unspecified atom stereocenters. The molecular formula is C23H31N3O5. The number of hydrogen-bond donors (Lipinski definition) is 2. The van der Waals surface area contributed by atoms with Crippen LogP contribution in [0.3, 0.4) is 0 Å². The number of rotatable bonds is 8. The third kappa shape index (κ3) is 5.79. The Morgan fingerprint density at radius 1 is 1.19 bits per heavy atom. The van der Waals surface area contributed by atoms with Crippen LogP contribution in [-0.2, 0) is 4.79 Å². The summed E-state index contributed by atoms with van der Waals surface area (Å²) in [5, 5.41) is 6.07. The number of nitrogens with one attached hydrogen (secondary N) is 2. The SMILES string of the molecule is COc1ccc(OC)c(C(C)NC(=O)CN2CCC(NC(=O)c3occc3C)CC2)c1. The third-order valence-electron chi connectivity index (χ3n) is 5.64. The van der Waals surface area contributed by atoms with Crippen molar-refractivity contribution in [2.24, 2.45) is 0 Å². The van der Waals surface area contributed by atoms with E-state index in [0.717, 1.165) is 37.1 Å². The van der Waals surface area contributed by atoms with Gasteiger partial charge in [0.1, 0.15) is 11.5 Å². The van der Waals surface area contributed by atoms with E-state index in [1.807, 2.05) is 32.0 Å². The van der Waals surface area contributed by atoms with E-state index in [4.69, 9.17) is 13.9 Å². The van der Waals surface area contributed by atoms with Crippen molar-refractivity contribution in [3.05, 3.63) is 47.4 Å². The first kappa shape index (κ1) is 22.7. The maximum Gasteiger partial charge on any atom is 0.287 e. The van der Waals surface area contributed by atoms with Gasteiger partial charge in [0.05, 0.1) is 33.1 Å². The number of nitrogens with zero attached hydrogens (tertiary/aromatic N) is 1. The molecule has 1 fully saturated rings. The van der Waals surface area contributed by atoms with Crippen molar-refractivity contribution in [1.82, 2.24) is 15.5 Å². The summed E-state index contributed by atoms with van der Waals surface area (Å²) in [5.41, 5.74) is 1.69. The van der Waals surface area contributed by atoms with Crippen LogP contribution in [-0.4, -0.2) is 56.6 Å². The van der Waals surface area contributed by atoms with Crippen molar-refractivity contribution in [3.8, 4) is 11.5 Å². The molecule has 0 bridgehead atoms. The Kier molecular flexibility index (Phi) is 7.57. The Morgan fingerprint density at radius 2 is 1.94 bits per heavy atom. The lowest BCUT2D eigenvalue weighted by Gasteiger charge is -2.32. The molecule has 0 aliphatic carbocycles.